The number of hydrazine groups is 1. The summed E-state index contributed by atoms with van der Waals surface area (Å²) in [5.41, 5.74) is 4.56. The van der Waals surface area contributed by atoms with Gasteiger partial charge in [0.05, 0.1) is 12.7 Å². The largest absolute Gasteiger partial charge is 0.481 e. The van der Waals surface area contributed by atoms with Crippen LogP contribution in [0.2, 0.25) is 0 Å². The molecule has 1 aromatic carbocycles. The van der Waals surface area contributed by atoms with Crippen molar-refractivity contribution in [2.24, 2.45) is 0 Å². The maximum absolute atomic E-state index is 12.8. The Morgan fingerprint density at radius 3 is 2.44 bits per heavy atom. The molecule has 2 amide bonds. The van der Waals surface area contributed by atoms with E-state index >= 15 is 0 Å². The van der Waals surface area contributed by atoms with E-state index in [-0.39, 0.29) is 6.10 Å². The summed E-state index contributed by atoms with van der Waals surface area (Å²) >= 11 is 0. The van der Waals surface area contributed by atoms with Crippen molar-refractivity contribution in [3.05, 3.63) is 30.1 Å². The molecular weight excluding hydrogens is 331 g/mol. The number of benzene rings is 1. The van der Waals surface area contributed by atoms with Gasteiger partial charge in [-0.05, 0) is 51.0 Å². The van der Waals surface area contributed by atoms with Crippen LogP contribution in [0.5, 0.6) is 5.75 Å². The highest BCUT2D eigenvalue weighted by molar-refractivity contribution is 5.86. The first-order chi connectivity index (χ1) is 12.0. The molecule has 0 aromatic heterocycles. The van der Waals surface area contributed by atoms with Crippen LogP contribution in [0.25, 0.3) is 0 Å². The van der Waals surface area contributed by atoms with Crippen molar-refractivity contribution in [2.75, 3.05) is 13.2 Å². The van der Waals surface area contributed by atoms with Crippen molar-refractivity contribution < 1.29 is 28.2 Å². The third-order valence-electron chi connectivity index (χ3n) is 3.73. The van der Waals surface area contributed by atoms with E-state index in [2.05, 4.69) is 10.9 Å². The third-order valence-corrected chi connectivity index (χ3v) is 3.73. The van der Waals surface area contributed by atoms with Crippen LogP contribution in [-0.4, -0.2) is 43.3 Å². The summed E-state index contributed by atoms with van der Waals surface area (Å²) in [4.78, 5) is 23.8. The quantitative estimate of drug-likeness (QED) is 0.722. The molecule has 1 aliphatic rings. The van der Waals surface area contributed by atoms with Gasteiger partial charge in [-0.1, -0.05) is 0 Å². The van der Waals surface area contributed by atoms with E-state index in [1.807, 2.05) is 0 Å². The van der Waals surface area contributed by atoms with E-state index in [1.54, 1.807) is 6.92 Å². The molecule has 138 valence electrons. The average Bonchev–Trinajstić information content (AvgIpc) is 3.12. The minimum Gasteiger partial charge on any atom is -0.481 e. The van der Waals surface area contributed by atoms with Gasteiger partial charge in [-0.15, -0.1) is 0 Å². The number of carbonyl (C=O) groups excluding carboxylic acids is 2. The van der Waals surface area contributed by atoms with Crippen LogP contribution in [0.15, 0.2) is 24.3 Å². The van der Waals surface area contributed by atoms with Gasteiger partial charge < -0.3 is 14.2 Å². The Kier molecular flexibility index (Phi) is 7.15. The van der Waals surface area contributed by atoms with Crippen molar-refractivity contribution in [2.45, 2.75) is 45.0 Å². The first-order valence-corrected chi connectivity index (χ1v) is 8.21. The molecule has 0 aliphatic carbocycles. The van der Waals surface area contributed by atoms with Crippen LogP contribution in [0.4, 0.5) is 4.39 Å². The summed E-state index contributed by atoms with van der Waals surface area (Å²) in [7, 11) is 0. The van der Waals surface area contributed by atoms with Crippen molar-refractivity contribution in [1.29, 1.82) is 0 Å². The Morgan fingerprint density at radius 1 is 1.20 bits per heavy atom. The second-order valence-electron chi connectivity index (χ2n) is 5.80. The fraction of sp³-hybridized carbons (Fsp3) is 0.529. The average molecular weight is 354 g/mol. The summed E-state index contributed by atoms with van der Waals surface area (Å²) in [5.74, 6) is -1.05. The SMILES string of the molecule is CC(OCC1CCCO1)C(=O)NNC(=O)C(C)Oc1ccc(F)cc1. The van der Waals surface area contributed by atoms with Gasteiger partial charge in [0, 0.05) is 6.61 Å². The number of amides is 2. The molecule has 0 bridgehead atoms. The lowest BCUT2D eigenvalue weighted by atomic mass is 10.2. The van der Waals surface area contributed by atoms with Crippen LogP contribution in [0, 0.1) is 5.82 Å². The van der Waals surface area contributed by atoms with Gasteiger partial charge in [0.2, 0.25) is 0 Å². The van der Waals surface area contributed by atoms with E-state index in [0.29, 0.717) is 12.4 Å². The molecule has 7 nitrogen and oxygen atoms in total. The van der Waals surface area contributed by atoms with Gasteiger partial charge in [-0.25, -0.2) is 4.39 Å². The predicted molar refractivity (Wildman–Crippen MR) is 87.2 cm³/mol. The molecule has 3 unspecified atom stereocenters. The van der Waals surface area contributed by atoms with E-state index in [0.717, 1.165) is 19.4 Å². The highest BCUT2D eigenvalue weighted by atomic mass is 19.1. The standard InChI is InChI=1S/C17H23FN2O5/c1-11(24-10-15-4-3-9-23-15)16(21)19-20-17(22)12(2)25-14-7-5-13(18)6-8-14/h5-8,11-12,15H,3-4,9-10H2,1-2H3,(H,19,21)(H,20,22). The molecule has 1 heterocycles. The summed E-state index contributed by atoms with van der Waals surface area (Å²) in [6.45, 7) is 4.17. The Hall–Kier alpha value is -2.19. The molecule has 1 saturated heterocycles. The van der Waals surface area contributed by atoms with E-state index in [1.165, 1.54) is 31.2 Å². The van der Waals surface area contributed by atoms with Crippen LogP contribution < -0.4 is 15.6 Å². The van der Waals surface area contributed by atoms with Crippen molar-refractivity contribution in [3.63, 3.8) is 0 Å². The summed E-state index contributed by atoms with van der Waals surface area (Å²) in [6.07, 6.45) is 0.348. The third kappa shape index (κ3) is 6.32. The molecule has 0 spiro atoms. The minimum atomic E-state index is -0.867. The van der Waals surface area contributed by atoms with Gasteiger partial charge in [0.25, 0.3) is 11.8 Å². The van der Waals surface area contributed by atoms with Gasteiger partial charge >= 0.3 is 0 Å². The van der Waals surface area contributed by atoms with Crippen LogP contribution in [0.3, 0.4) is 0 Å². The van der Waals surface area contributed by atoms with Crippen LogP contribution >= 0.6 is 0 Å². The Bertz CT molecular complexity index is 575. The van der Waals surface area contributed by atoms with Crippen molar-refractivity contribution >= 4 is 11.8 Å². The first-order valence-electron chi connectivity index (χ1n) is 8.21. The van der Waals surface area contributed by atoms with E-state index in [4.69, 9.17) is 14.2 Å². The van der Waals surface area contributed by atoms with E-state index < -0.39 is 29.8 Å². The Balaban J connectivity index is 1.68. The zero-order chi connectivity index (χ0) is 18.2. The maximum atomic E-state index is 12.8. The lowest BCUT2D eigenvalue weighted by Gasteiger charge is -2.18. The van der Waals surface area contributed by atoms with Gasteiger partial charge in [-0.2, -0.15) is 0 Å². The summed E-state index contributed by atoms with van der Waals surface area (Å²) in [6, 6.07) is 5.29. The molecule has 0 saturated carbocycles. The second kappa shape index (κ2) is 9.33. The molecule has 8 heteroatoms. The molecule has 1 aliphatic heterocycles. The van der Waals surface area contributed by atoms with Crippen LogP contribution in [0.1, 0.15) is 26.7 Å². The first kappa shape index (κ1) is 19.1. The lowest BCUT2D eigenvalue weighted by Crippen LogP contribution is -2.50. The molecule has 2 rings (SSSR count). The monoisotopic (exact) mass is 354 g/mol. The predicted octanol–water partition coefficient (Wildman–Crippen LogP) is 1.32. The highest BCUT2D eigenvalue weighted by Gasteiger charge is 2.21. The molecule has 1 fully saturated rings. The number of hydrogen-bond acceptors (Lipinski definition) is 5. The molecule has 2 N–H and O–H groups in total. The molecule has 25 heavy (non-hydrogen) atoms. The van der Waals surface area contributed by atoms with Gasteiger partial charge in [0.1, 0.15) is 17.7 Å². The molecule has 0 radical (unpaired) electrons. The number of nitrogens with one attached hydrogen (secondary N) is 2. The van der Waals surface area contributed by atoms with Crippen LogP contribution in [-0.2, 0) is 19.1 Å². The van der Waals surface area contributed by atoms with Gasteiger partial charge in [-0.3, -0.25) is 20.4 Å². The Labute approximate surface area is 145 Å². The topological polar surface area (TPSA) is 85.9 Å². The smallest absolute Gasteiger partial charge is 0.279 e. The number of halogens is 1. The van der Waals surface area contributed by atoms with E-state index in [9.17, 15) is 14.0 Å². The second-order valence-corrected chi connectivity index (χ2v) is 5.80. The summed E-state index contributed by atoms with van der Waals surface area (Å²) in [5, 5.41) is 0. The molecule has 3 atom stereocenters. The normalized spacial score (nSPS) is 19.1. The highest BCUT2D eigenvalue weighted by Crippen LogP contribution is 2.13. The fourth-order valence-electron chi connectivity index (χ4n) is 2.20. The maximum Gasteiger partial charge on any atom is 0.279 e. The summed E-state index contributed by atoms with van der Waals surface area (Å²) < 4.78 is 29.0. The van der Waals surface area contributed by atoms with Crippen molar-refractivity contribution in [3.8, 4) is 5.75 Å². The zero-order valence-corrected chi connectivity index (χ0v) is 14.3. The van der Waals surface area contributed by atoms with Gasteiger partial charge in [0.15, 0.2) is 6.10 Å². The number of ether oxygens (including phenoxy) is 3. The molecular formula is C17H23FN2O5. The molecule has 1 aromatic rings. The fourth-order valence-corrected chi connectivity index (χ4v) is 2.20. The number of hydrogen-bond donors (Lipinski definition) is 2. The number of carbonyl (C=O) groups is 2. The minimum absolute atomic E-state index is 0.0222. The lowest BCUT2D eigenvalue weighted by molar-refractivity contribution is -0.139. The Morgan fingerprint density at radius 2 is 1.84 bits per heavy atom. The zero-order valence-electron chi connectivity index (χ0n) is 14.3. The van der Waals surface area contributed by atoms with Crippen molar-refractivity contribution in [1.82, 2.24) is 10.9 Å². The number of rotatable bonds is 7.